The van der Waals surface area contributed by atoms with Crippen LogP contribution in [0.1, 0.15) is 32.9 Å². The number of nitrogens with one attached hydrogen (secondary N) is 3. The summed E-state index contributed by atoms with van der Waals surface area (Å²) in [6.45, 7) is 5.24. The normalized spacial score (nSPS) is 10.5. The molecule has 1 amide bonds. The fourth-order valence-corrected chi connectivity index (χ4v) is 3.44. The number of hydrogen-bond donors (Lipinski definition) is 3. The Bertz CT molecular complexity index is 1040. The summed E-state index contributed by atoms with van der Waals surface area (Å²) in [4.78, 5) is 12.5. The van der Waals surface area contributed by atoms with E-state index in [0.29, 0.717) is 23.8 Å². The van der Waals surface area contributed by atoms with Crippen molar-refractivity contribution in [3.63, 3.8) is 0 Å². The molecule has 156 valence electrons. The molecule has 1 aromatic heterocycles. The third-order valence-electron chi connectivity index (χ3n) is 4.65. The Labute approximate surface area is 190 Å². The minimum Gasteiger partial charge on any atom is -0.361 e. The lowest BCUT2D eigenvalue weighted by Gasteiger charge is -2.12. The van der Waals surface area contributed by atoms with Crippen LogP contribution in [0.15, 0.2) is 59.1 Å². The van der Waals surface area contributed by atoms with Gasteiger partial charge in [-0.2, -0.15) is 5.10 Å². The van der Waals surface area contributed by atoms with E-state index in [1.165, 1.54) is 5.56 Å². The van der Waals surface area contributed by atoms with E-state index in [1.54, 1.807) is 6.07 Å². The van der Waals surface area contributed by atoms with Crippen molar-refractivity contribution in [1.82, 2.24) is 25.9 Å². The van der Waals surface area contributed by atoms with Gasteiger partial charge in [-0.25, -0.2) is 0 Å². The highest BCUT2D eigenvalue weighted by atomic mass is 79.9. The van der Waals surface area contributed by atoms with Gasteiger partial charge in [0, 0.05) is 12.1 Å². The number of hydrazine groups is 1. The Morgan fingerprint density at radius 2 is 1.80 bits per heavy atom. The number of carbonyl (C=O) groups excluding carboxylic acids is 1. The number of benzene rings is 2. The van der Waals surface area contributed by atoms with Crippen molar-refractivity contribution in [1.29, 1.82) is 0 Å². The van der Waals surface area contributed by atoms with Crippen molar-refractivity contribution < 1.29 is 4.79 Å². The first kappa shape index (κ1) is 22.0. The van der Waals surface area contributed by atoms with Gasteiger partial charge in [-0.15, -0.1) is 0 Å². The Morgan fingerprint density at radius 3 is 2.50 bits per heavy atom. The van der Waals surface area contributed by atoms with Gasteiger partial charge in [-0.05, 0) is 71.7 Å². The quantitative estimate of drug-likeness (QED) is 0.367. The van der Waals surface area contributed by atoms with Gasteiger partial charge in [0.05, 0.1) is 22.4 Å². The van der Waals surface area contributed by atoms with Crippen molar-refractivity contribution in [2.45, 2.75) is 26.8 Å². The molecular weight excluding hydrogens is 462 g/mol. The van der Waals surface area contributed by atoms with Crippen LogP contribution in [-0.2, 0) is 13.0 Å². The molecule has 0 aliphatic carbocycles. The highest BCUT2D eigenvalue weighted by Gasteiger charge is 2.11. The number of thiocarbonyl (C=S) groups is 1. The van der Waals surface area contributed by atoms with Crippen molar-refractivity contribution in [2.75, 3.05) is 6.54 Å². The fraction of sp³-hybridized carbons (Fsp3) is 0.227. The molecule has 3 aromatic rings. The number of aryl methyl sites for hydroxylation is 1. The number of carbonyl (C=O) groups is 1. The Morgan fingerprint density at radius 1 is 1.07 bits per heavy atom. The molecule has 0 spiro atoms. The van der Waals surface area contributed by atoms with Crippen LogP contribution in [0.2, 0.25) is 0 Å². The molecule has 2 aromatic carbocycles. The van der Waals surface area contributed by atoms with Crippen molar-refractivity contribution in [3.8, 4) is 0 Å². The SMILES string of the molecule is Cc1nn(Cc2cccc(C(=O)NNC(=S)NCCc3ccccc3)c2)c(C)c1Br. The highest BCUT2D eigenvalue weighted by molar-refractivity contribution is 9.10. The third kappa shape index (κ3) is 5.90. The van der Waals surface area contributed by atoms with E-state index < -0.39 is 0 Å². The summed E-state index contributed by atoms with van der Waals surface area (Å²) in [5, 5.41) is 7.98. The molecule has 3 rings (SSSR count). The molecule has 0 radical (unpaired) electrons. The summed E-state index contributed by atoms with van der Waals surface area (Å²) in [5.74, 6) is -0.251. The monoisotopic (exact) mass is 485 g/mol. The average Bonchev–Trinajstić information content (AvgIpc) is 2.99. The van der Waals surface area contributed by atoms with Crippen LogP contribution in [0.5, 0.6) is 0 Å². The standard InChI is InChI=1S/C22H24BrN5OS/c1-15-20(23)16(2)28(27-15)14-18-9-6-10-19(13-18)21(29)25-26-22(30)24-12-11-17-7-4-3-5-8-17/h3-10,13H,11-12,14H2,1-2H3,(H,25,29)(H2,24,26,30). The summed E-state index contributed by atoms with van der Waals surface area (Å²) >= 11 is 8.77. The largest absolute Gasteiger partial charge is 0.361 e. The maximum atomic E-state index is 12.5. The molecule has 30 heavy (non-hydrogen) atoms. The smallest absolute Gasteiger partial charge is 0.269 e. The number of hydrogen-bond acceptors (Lipinski definition) is 3. The number of rotatable bonds is 6. The van der Waals surface area contributed by atoms with Gasteiger partial charge >= 0.3 is 0 Å². The maximum Gasteiger partial charge on any atom is 0.269 e. The molecule has 8 heteroatoms. The molecule has 0 unspecified atom stereocenters. The van der Waals surface area contributed by atoms with Crippen LogP contribution in [0.25, 0.3) is 0 Å². The number of amides is 1. The van der Waals surface area contributed by atoms with Crippen molar-refractivity contribution >= 4 is 39.2 Å². The Hall–Kier alpha value is -2.71. The fourth-order valence-electron chi connectivity index (χ4n) is 3.01. The lowest BCUT2D eigenvalue weighted by atomic mass is 10.1. The summed E-state index contributed by atoms with van der Waals surface area (Å²) in [7, 11) is 0. The average molecular weight is 486 g/mol. The number of aromatic nitrogens is 2. The third-order valence-corrected chi connectivity index (χ3v) is 6.04. The number of nitrogens with zero attached hydrogens (tertiary/aromatic N) is 2. The molecule has 0 fully saturated rings. The van der Waals surface area contributed by atoms with Crippen LogP contribution in [-0.4, -0.2) is 27.3 Å². The summed E-state index contributed by atoms with van der Waals surface area (Å²) in [5.41, 5.74) is 10.2. The van der Waals surface area contributed by atoms with Gasteiger partial charge in [0.25, 0.3) is 5.91 Å². The van der Waals surface area contributed by atoms with Gasteiger partial charge in [-0.1, -0.05) is 42.5 Å². The zero-order chi connectivity index (χ0) is 21.5. The van der Waals surface area contributed by atoms with E-state index in [0.717, 1.165) is 27.8 Å². The first-order chi connectivity index (χ1) is 14.4. The van der Waals surface area contributed by atoms with Crippen LogP contribution in [0.4, 0.5) is 0 Å². The molecule has 3 N–H and O–H groups in total. The predicted octanol–water partition coefficient (Wildman–Crippen LogP) is 3.66. The second-order valence-corrected chi connectivity index (χ2v) is 8.11. The van der Waals surface area contributed by atoms with E-state index in [4.69, 9.17) is 12.2 Å². The second kappa shape index (κ2) is 10.4. The molecule has 0 aliphatic rings. The van der Waals surface area contributed by atoms with Gasteiger partial charge in [0.1, 0.15) is 0 Å². The minimum atomic E-state index is -0.251. The molecule has 0 atom stereocenters. The van der Waals surface area contributed by atoms with Gasteiger partial charge in [0.15, 0.2) is 5.11 Å². The molecule has 0 saturated heterocycles. The Balaban J connectivity index is 1.49. The van der Waals surface area contributed by atoms with E-state index in [1.807, 2.05) is 54.9 Å². The summed E-state index contributed by atoms with van der Waals surface area (Å²) < 4.78 is 2.93. The van der Waals surface area contributed by atoms with E-state index in [2.05, 4.69) is 49.3 Å². The molecule has 0 aliphatic heterocycles. The molecule has 0 bridgehead atoms. The van der Waals surface area contributed by atoms with Crippen LogP contribution < -0.4 is 16.2 Å². The summed E-state index contributed by atoms with van der Waals surface area (Å²) in [6, 6.07) is 17.6. The first-order valence-electron chi connectivity index (χ1n) is 9.60. The molecule has 0 saturated carbocycles. The number of halogens is 1. The predicted molar refractivity (Wildman–Crippen MR) is 126 cm³/mol. The van der Waals surface area contributed by atoms with E-state index >= 15 is 0 Å². The Kier molecular flexibility index (Phi) is 7.59. The van der Waals surface area contributed by atoms with Crippen LogP contribution >= 0.6 is 28.1 Å². The zero-order valence-corrected chi connectivity index (χ0v) is 19.3. The van der Waals surface area contributed by atoms with Gasteiger partial charge in [0.2, 0.25) is 0 Å². The highest BCUT2D eigenvalue weighted by Crippen LogP contribution is 2.20. The van der Waals surface area contributed by atoms with E-state index in [-0.39, 0.29) is 5.91 Å². The zero-order valence-electron chi connectivity index (χ0n) is 16.9. The molecule has 1 heterocycles. The van der Waals surface area contributed by atoms with Gasteiger partial charge in [-0.3, -0.25) is 20.3 Å². The van der Waals surface area contributed by atoms with Crippen LogP contribution in [0, 0.1) is 13.8 Å². The summed E-state index contributed by atoms with van der Waals surface area (Å²) in [6.07, 6.45) is 0.848. The minimum absolute atomic E-state index is 0.251. The lowest BCUT2D eigenvalue weighted by molar-refractivity contribution is 0.0943. The topological polar surface area (TPSA) is 71.0 Å². The van der Waals surface area contributed by atoms with Crippen molar-refractivity contribution in [3.05, 3.63) is 87.1 Å². The van der Waals surface area contributed by atoms with E-state index in [9.17, 15) is 4.79 Å². The second-order valence-electron chi connectivity index (χ2n) is 6.91. The lowest BCUT2D eigenvalue weighted by Crippen LogP contribution is -2.47. The maximum absolute atomic E-state index is 12.5. The van der Waals surface area contributed by atoms with Crippen molar-refractivity contribution in [2.24, 2.45) is 0 Å². The van der Waals surface area contributed by atoms with Gasteiger partial charge < -0.3 is 5.32 Å². The molecular formula is C22H24BrN5OS. The van der Waals surface area contributed by atoms with Crippen LogP contribution in [0.3, 0.4) is 0 Å². The first-order valence-corrected chi connectivity index (χ1v) is 10.8. The molecule has 6 nitrogen and oxygen atoms in total.